The van der Waals surface area contributed by atoms with E-state index in [1.165, 1.54) is 7.11 Å². The largest absolute Gasteiger partial charge is 0.465 e. The van der Waals surface area contributed by atoms with E-state index in [4.69, 9.17) is 24.3 Å². The van der Waals surface area contributed by atoms with Crippen LogP contribution in [0.2, 0.25) is 0 Å². The van der Waals surface area contributed by atoms with E-state index in [-0.39, 0.29) is 12.3 Å². The minimum atomic E-state index is -0.398. The second-order valence-electron chi connectivity index (χ2n) is 8.18. The summed E-state index contributed by atoms with van der Waals surface area (Å²) in [6.07, 6.45) is 5.00. The molecule has 4 heterocycles. The maximum atomic E-state index is 12.6. The highest BCUT2D eigenvalue weighted by Gasteiger charge is 2.27. The van der Waals surface area contributed by atoms with Crippen molar-refractivity contribution >= 4 is 17.5 Å². The zero-order valence-electron chi connectivity index (χ0n) is 19.2. The van der Waals surface area contributed by atoms with Gasteiger partial charge < -0.3 is 19.1 Å². The fourth-order valence-electron chi connectivity index (χ4n) is 4.26. The second-order valence-corrected chi connectivity index (χ2v) is 8.18. The fourth-order valence-corrected chi connectivity index (χ4v) is 4.26. The molecular formula is C23H31N5O4. The number of hydrogen-bond acceptors (Lipinski definition) is 8. The van der Waals surface area contributed by atoms with E-state index in [1.807, 2.05) is 23.9 Å². The molecule has 4 rings (SSSR count). The Hall–Kier alpha value is -2.78. The molecule has 2 atom stereocenters. The smallest absolute Gasteiger partial charge is 0.338 e. The zero-order chi connectivity index (χ0) is 22.7. The summed E-state index contributed by atoms with van der Waals surface area (Å²) in [4.78, 5) is 24.2. The van der Waals surface area contributed by atoms with Crippen LogP contribution in [0.5, 0.6) is 0 Å². The van der Waals surface area contributed by atoms with Crippen molar-refractivity contribution in [3.63, 3.8) is 0 Å². The van der Waals surface area contributed by atoms with Crippen LogP contribution in [0.4, 0.5) is 5.82 Å². The predicted octanol–water partition coefficient (Wildman–Crippen LogP) is 2.76. The van der Waals surface area contributed by atoms with E-state index in [0.717, 1.165) is 25.9 Å². The molecule has 0 bridgehead atoms. The van der Waals surface area contributed by atoms with E-state index < -0.39 is 5.97 Å². The SMILES string of the molecule is C/N=C(/c1ccn(C2CCCCO2)n1)c1nc(N2CCOC[C@H]2C)cc(C(=O)OC)c1C. The Morgan fingerprint density at radius 1 is 1.31 bits per heavy atom. The predicted molar refractivity (Wildman–Crippen MR) is 121 cm³/mol. The van der Waals surface area contributed by atoms with Gasteiger partial charge >= 0.3 is 5.97 Å². The van der Waals surface area contributed by atoms with Crippen LogP contribution in [0.15, 0.2) is 23.3 Å². The van der Waals surface area contributed by atoms with Crippen LogP contribution >= 0.6 is 0 Å². The number of esters is 1. The highest BCUT2D eigenvalue weighted by Crippen LogP contribution is 2.26. The normalized spacial score (nSPS) is 22.1. The molecule has 32 heavy (non-hydrogen) atoms. The monoisotopic (exact) mass is 441 g/mol. The molecule has 0 aliphatic carbocycles. The summed E-state index contributed by atoms with van der Waals surface area (Å²) < 4.78 is 18.3. The summed E-state index contributed by atoms with van der Waals surface area (Å²) in [6, 6.07) is 3.86. The number of pyridine rings is 1. The average Bonchev–Trinajstić information content (AvgIpc) is 3.31. The van der Waals surface area contributed by atoms with Gasteiger partial charge in [-0.3, -0.25) is 4.99 Å². The highest BCUT2D eigenvalue weighted by atomic mass is 16.5. The van der Waals surface area contributed by atoms with Crippen LogP contribution < -0.4 is 4.90 Å². The van der Waals surface area contributed by atoms with Crippen molar-refractivity contribution in [2.45, 2.75) is 45.4 Å². The lowest BCUT2D eigenvalue weighted by atomic mass is 10.0. The van der Waals surface area contributed by atoms with Crippen LogP contribution in [0, 0.1) is 6.92 Å². The Kier molecular flexibility index (Phi) is 6.86. The number of carbonyl (C=O) groups is 1. The summed E-state index contributed by atoms with van der Waals surface area (Å²) >= 11 is 0. The molecule has 2 aliphatic rings. The first-order valence-electron chi connectivity index (χ1n) is 11.1. The van der Waals surface area contributed by atoms with Gasteiger partial charge in [-0.15, -0.1) is 0 Å². The minimum absolute atomic E-state index is 0.0594. The molecule has 2 aliphatic heterocycles. The molecule has 0 N–H and O–H groups in total. The van der Waals surface area contributed by atoms with Crippen LogP contribution in [0.3, 0.4) is 0 Å². The van der Waals surface area contributed by atoms with E-state index in [2.05, 4.69) is 16.8 Å². The first-order chi connectivity index (χ1) is 15.5. The lowest BCUT2D eigenvalue weighted by Gasteiger charge is -2.34. The molecule has 2 aromatic rings. The molecule has 0 amide bonds. The van der Waals surface area contributed by atoms with Crippen molar-refractivity contribution in [3.05, 3.63) is 40.8 Å². The number of anilines is 1. The van der Waals surface area contributed by atoms with Crippen LogP contribution in [0.25, 0.3) is 0 Å². The molecule has 172 valence electrons. The Bertz CT molecular complexity index is 996. The van der Waals surface area contributed by atoms with Gasteiger partial charge in [0.1, 0.15) is 23.5 Å². The van der Waals surface area contributed by atoms with Gasteiger partial charge in [-0.25, -0.2) is 14.5 Å². The standard InChI is InChI=1S/C23H31N5O4/c1-15-14-31-12-10-27(15)19-13-17(23(29)30-4)16(2)21(25-19)22(24-3)18-8-9-28(26-18)20-7-5-6-11-32-20/h8-9,13,15,20H,5-7,10-12,14H2,1-4H3/b24-22-/t15-,20?/m1/s1. The van der Waals surface area contributed by atoms with Crippen molar-refractivity contribution in [1.82, 2.24) is 14.8 Å². The van der Waals surface area contributed by atoms with Gasteiger partial charge in [0, 0.05) is 26.4 Å². The molecule has 0 radical (unpaired) electrons. The molecular weight excluding hydrogens is 410 g/mol. The number of hydrogen-bond donors (Lipinski definition) is 0. The minimum Gasteiger partial charge on any atom is -0.465 e. The summed E-state index contributed by atoms with van der Waals surface area (Å²) in [5.74, 6) is 0.308. The highest BCUT2D eigenvalue weighted by molar-refractivity contribution is 6.12. The van der Waals surface area contributed by atoms with Gasteiger partial charge in [-0.05, 0) is 50.8 Å². The summed E-state index contributed by atoms with van der Waals surface area (Å²) in [7, 11) is 3.11. The summed E-state index contributed by atoms with van der Waals surface area (Å²) in [6.45, 7) is 6.62. The third-order valence-corrected chi connectivity index (χ3v) is 6.08. The maximum absolute atomic E-state index is 12.6. The summed E-state index contributed by atoms with van der Waals surface area (Å²) in [5.41, 5.74) is 3.14. The Balaban J connectivity index is 1.75. The molecule has 0 aromatic carbocycles. The second kappa shape index (κ2) is 9.79. The average molecular weight is 442 g/mol. The van der Waals surface area contributed by atoms with E-state index >= 15 is 0 Å². The third kappa shape index (κ3) is 4.40. The first-order valence-corrected chi connectivity index (χ1v) is 11.1. The van der Waals surface area contributed by atoms with Crippen molar-refractivity contribution in [2.75, 3.05) is 45.4 Å². The van der Waals surface area contributed by atoms with E-state index in [1.54, 1.807) is 13.1 Å². The van der Waals surface area contributed by atoms with Gasteiger partial charge in [0.15, 0.2) is 0 Å². The molecule has 9 heteroatoms. The molecule has 2 saturated heterocycles. The van der Waals surface area contributed by atoms with Gasteiger partial charge in [-0.1, -0.05) is 0 Å². The molecule has 0 spiro atoms. The Morgan fingerprint density at radius 2 is 2.16 bits per heavy atom. The van der Waals surface area contributed by atoms with E-state index in [0.29, 0.717) is 53.8 Å². The lowest BCUT2D eigenvalue weighted by molar-refractivity contribution is -0.0395. The van der Waals surface area contributed by atoms with Crippen LogP contribution in [0.1, 0.15) is 59.7 Å². The van der Waals surface area contributed by atoms with Crippen LogP contribution in [-0.2, 0) is 14.2 Å². The van der Waals surface area contributed by atoms with Gasteiger partial charge in [0.2, 0.25) is 0 Å². The molecule has 2 aromatic heterocycles. The number of rotatable bonds is 5. The zero-order valence-corrected chi connectivity index (χ0v) is 19.2. The molecule has 1 unspecified atom stereocenters. The van der Waals surface area contributed by atoms with Crippen molar-refractivity contribution in [2.24, 2.45) is 4.99 Å². The Morgan fingerprint density at radius 3 is 2.84 bits per heavy atom. The van der Waals surface area contributed by atoms with Crippen LogP contribution in [-0.4, -0.2) is 73.0 Å². The van der Waals surface area contributed by atoms with Crippen molar-refractivity contribution < 1.29 is 19.0 Å². The number of aliphatic imine (C=N–C) groups is 1. The quantitative estimate of drug-likeness (QED) is 0.520. The number of nitrogens with zero attached hydrogens (tertiary/aromatic N) is 5. The topological polar surface area (TPSA) is 91.1 Å². The molecule has 2 fully saturated rings. The van der Waals surface area contributed by atoms with Crippen molar-refractivity contribution in [3.8, 4) is 0 Å². The van der Waals surface area contributed by atoms with Crippen molar-refractivity contribution in [1.29, 1.82) is 0 Å². The Labute approximate surface area is 188 Å². The number of aromatic nitrogens is 3. The van der Waals surface area contributed by atoms with E-state index in [9.17, 15) is 4.79 Å². The molecule has 9 nitrogen and oxygen atoms in total. The molecule has 0 saturated carbocycles. The first kappa shape index (κ1) is 22.4. The number of methoxy groups -OCH3 is 1. The number of ether oxygens (including phenoxy) is 3. The summed E-state index contributed by atoms with van der Waals surface area (Å²) in [5, 5.41) is 4.75. The maximum Gasteiger partial charge on any atom is 0.338 e. The van der Waals surface area contributed by atoms with Gasteiger partial charge in [-0.2, -0.15) is 5.10 Å². The third-order valence-electron chi connectivity index (χ3n) is 6.08. The lowest BCUT2D eigenvalue weighted by Crippen LogP contribution is -2.44. The number of carbonyl (C=O) groups excluding carboxylic acids is 1. The van der Waals surface area contributed by atoms with Gasteiger partial charge in [0.05, 0.1) is 37.6 Å². The fraction of sp³-hybridized carbons (Fsp3) is 0.565. The number of morpholine rings is 1. The van der Waals surface area contributed by atoms with Gasteiger partial charge in [0.25, 0.3) is 0 Å².